The van der Waals surface area contributed by atoms with Gasteiger partial charge in [0.25, 0.3) is 11.8 Å². The minimum Gasteiger partial charge on any atom is -0.455 e. The summed E-state index contributed by atoms with van der Waals surface area (Å²) in [6, 6.07) is 18.5. The van der Waals surface area contributed by atoms with Crippen molar-refractivity contribution in [1.29, 1.82) is 0 Å². The summed E-state index contributed by atoms with van der Waals surface area (Å²) in [7, 11) is -1.92. The Balaban J connectivity index is 1.37. The number of sulfone groups is 1. The Morgan fingerprint density at radius 1 is 1.00 bits per heavy atom. The van der Waals surface area contributed by atoms with Crippen molar-refractivity contribution in [3.05, 3.63) is 89.4 Å². The molecule has 0 unspecified atom stereocenters. The van der Waals surface area contributed by atoms with Crippen molar-refractivity contribution in [3.8, 4) is 0 Å². The van der Waals surface area contributed by atoms with Crippen LogP contribution in [0.2, 0.25) is 0 Å². The molecule has 4 rings (SSSR count). The first-order chi connectivity index (χ1) is 15.3. The molecule has 166 valence electrons. The Morgan fingerprint density at radius 3 is 2.34 bits per heavy atom. The van der Waals surface area contributed by atoms with Gasteiger partial charge in [-0.15, -0.1) is 0 Å². The topological polar surface area (TPSA) is 96.7 Å². The second-order valence-corrected chi connectivity index (χ2v) is 9.93. The Bertz CT molecular complexity index is 1210. The van der Waals surface area contributed by atoms with Crippen molar-refractivity contribution in [2.75, 3.05) is 7.05 Å². The summed E-state index contributed by atoms with van der Waals surface area (Å²) < 4.78 is 30.6. The number of nitrogens with one attached hydrogen (secondary N) is 1. The van der Waals surface area contributed by atoms with Gasteiger partial charge in [-0.05, 0) is 54.8 Å². The Morgan fingerprint density at radius 2 is 1.69 bits per heavy atom. The van der Waals surface area contributed by atoms with E-state index in [2.05, 4.69) is 5.32 Å². The summed E-state index contributed by atoms with van der Waals surface area (Å²) in [5.41, 5.74) is 1.45. The number of furan rings is 1. The zero-order valence-electron chi connectivity index (χ0n) is 17.7. The van der Waals surface area contributed by atoms with Crippen LogP contribution in [0.1, 0.15) is 45.1 Å². The molecule has 32 heavy (non-hydrogen) atoms. The number of carbonyl (C=O) groups excluding carboxylic acids is 2. The van der Waals surface area contributed by atoms with Crippen molar-refractivity contribution < 1.29 is 22.4 Å². The smallest absolute Gasteiger partial charge is 0.289 e. The average molecular weight is 453 g/mol. The van der Waals surface area contributed by atoms with Crippen LogP contribution >= 0.6 is 0 Å². The molecule has 0 spiro atoms. The molecule has 2 amide bonds. The first kappa shape index (κ1) is 21.8. The third-order valence-corrected chi connectivity index (χ3v) is 6.86. The Labute approximate surface area is 187 Å². The van der Waals surface area contributed by atoms with Gasteiger partial charge in [0.2, 0.25) is 0 Å². The normalized spacial score (nSPS) is 13.5. The lowest BCUT2D eigenvalue weighted by Gasteiger charge is -2.16. The number of hydrogen-bond acceptors (Lipinski definition) is 5. The van der Waals surface area contributed by atoms with Gasteiger partial charge < -0.3 is 14.6 Å². The van der Waals surface area contributed by atoms with Crippen molar-refractivity contribution in [2.45, 2.75) is 36.1 Å². The summed E-state index contributed by atoms with van der Waals surface area (Å²) in [5.74, 6) is -0.484. The lowest BCUT2D eigenvalue weighted by atomic mass is 10.1. The quantitative estimate of drug-likeness (QED) is 0.565. The number of hydrogen-bond donors (Lipinski definition) is 1. The molecule has 1 aliphatic rings. The number of carbonyl (C=O) groups is 2. The van der Waals surface area contributed by atoms with E-state index in [-0.39, 0.29) is 34.0 Å². The van der Waals surface area contributed by atoms with Crippen LogP contribution in [0.25, 0.3) is 0 Å². The van der Waals surface area contributed by atoms with E-state index in [1.165, 1.54) is 29.2 Å². The summed E-state index contributed by atoms with van der Waals surface area (Å²) in [6.45, 7) is 0.321. The summed E-state index contributed by atoms with van der Waals surface area (Å²) in [5, 5.41) is 2.94. The predicted octanol–water partition coefficient (Wildman–Crippen LogP) is 3.42. The van der Waals surface area contributed by atoms with Crippen LogP contribution in [0, 0.1) is 0 Å². The monoisotopic (exact) mass is 452 g/mol. The van der Waals surface area contributed by atoms with E-state index in [1.807, 2.05) is 12.1 Å². The first-order valence-electron chi connectivity index (χ1n) is 10.3. The van der Waals surface area contributed by atoms with Gasteiger partial charge >= 0.3 is 0 Å². The summed E-state index contributed by atoms with van der Waals surface area (Å²) >= 11 is 0. The van der Waals surface area contributed by atoms with E-state index in [9.17, 15) is 18.0 Å². The van der Waals surface area contributed by atoms with E-state index in [4.69, 9.17) is 4.42 Å². The zero-order chi connectivity index (χ0) is 22.7. The molecule has 1 saturated carbocycles. The molecule has 0 saturated heterocycles. The van der Waals surface area contributed by atoms with Crippen LogP contribution in [0.3, 0.4) is 0 Å². The Hall–Kier alpha value is -3.39. The fraction of sp³-hybridized carbons (Fsp3) is 0.250. The molecule has 0 radical (unpaired) electrons. The molecule has 0 aliphatic heterocycles. The molecule has 0 bridgehead atoms. The highest BCUT2D eigenvalue weighted by atomic mass is 32.2. The molecule has 1 N–H and O–H groups in total. The molecule has 7 nitrogen and oxygen atoms in total. The van der Waals surface area contributed by atoms with Gasteiger partial charge in [0.1, 0.15) is 11.5 Å². The molecule has 2 aromatic carbocycles. The average Bonchev–Trinajstić information content (AvgIpc) is 3.49. The number of benzene rings is 2. The highest BCUT2D eigenvalue weighted by Crippen LogP contribution is 2.20. The molecule has 0 atom stereocenters. The molecule has 3 aromatic rings. The maximum atomic E-state index is 12.7. The van der Waals surface area contributed by atoms with Crippen molar-refractivity contribution in [1.82, 2.24) is 10.2 Å². The fourth-order valence-corrected chi connectivity index (χ4v) is 4.53. The van der Waals surface area contributed by atoms with Crippen LogP contribution in [-0.2, 0) is 22.1 Å². The third kappa shape index (κ3) is 5.26. The number of nitrogens with zero attached hydrogens (tertiary/aromatic N) is 1. The molecule has 1 aliphatic carbocycles. The standard InChI is InChI=1S/C24H24N2O5S/c1-26(15-17-7-9-18(10-8-17)23(27)25-19-11-12-19)24(28)22-14-13-20(31-22)16-32(29,30)21-5-3-2-4-6-21/h2-10,13-14,19H,11-12,15-16H2,1H3,(H,25,27). The predicted molar refractivity (Wildman–Crippen MR) is 119 cm³/mol. The van der Waals surface area contributed by atoms with Crippen molar-refractivity contribution in [2.24, 2.45) is 0 Å². The van der Waals surface area contributed by atoms with E-state index in [1.54, 1.807) is 37.4 Å². The minimum absolute atomic E-state index is 0.0752. The van der Waals surface area contributed by atoms with E-state index < -0.39 is 9.84 Å². The summed E-state index contributed by atoms with van der Waals surface area (Å²) in [6.07, 6.45) is 2.06. The van der Waals surface area contributed by atoms with E-state index >= 15 is 0 Å². The van der Waals surface area contributed by atoms with Crippen molar-refractivity contribution >= 4 is 21.7 Å². The highest BCUT2D eigenvalue weighted by Gasteiger charge is 2.24. The van der Waals surface area contributed by atoms with Gasteiger partial charge in [0.05, 0.1) is 4.90 Å². The van der Waals surface area contributed by atoms with Crippen LogP contribution in [0.5, 0.6) is 0 Å². The lowest BCUT2D eigenvalue weighted by molar-refractivity contribution is 0.0751. The number of rotatable bonds is 8. The second kappa shape index (κ2) is 9.00. The second-order valence-electron chi connectivity index (χ2n) is 7.94. The van der Waals surface area contributed by atoms with Crippen LogP contribution in [-0.4, -0.2) is 38.2 Å². The summed E-state index contributed by atoms with van der Waals surface area (Å²) in [4.78, 5) is 26.5. The maximum Gasteiger partial charge on any atom is 0.289 e. The zero-order valence-corrected chi connectivity index (χ0v) is 18.5. The van der Waals surface area contributed by atoms with Gasteiger partial charge in [0, 0.05) is 25.2 Å². The number of amides is 2. The first-order valence-corrected chi connectivity index (χ1v) is 12.0. The molecular formula is C24H24N2O5S. The van der Waals surface area contributed by atoms with Crippen molar-refractivity contribution in [3.63, 3.8) is 0 Å². The molecule has 1 heterocycles. The van der Waals surface area contributed by atoms with E-state index in [0.29, 0.717) is 18.2 Å². The van der Waals surface area contributed by atoms with Gasteiger partial charge in [-0.2, -0.15) is 0 Å². The third-order valence-electron chi connectivity index (χ3n) is 5.20. The highest BCUT2D eigenvalue weighted by molar-refractivity contribution is 7.90. The molecule has 1 fully saturated rings. The van der Waals surface area contributed by atoms with Crippen LogP contribution < -0.4 is 5.32 Å². The Kier molecular flexibility index (Phi) is 6.14. The van der Waals surface area contributed by atoms with Gasteiger partial charge in [-0.25, -0.2) is 8.42 Å². The minimum atomic E-state index is -3.56. The SMILES string of the molecule is CN(Cc1ccc(C(=O)NC2CC2)cc1)C(=O)c1ccc(CS(=O)(=O)c2ccccc2)o1. The van der Waals surface area contributed by atoms with Gasteiger partial charge in [0.15, 0.2) is 15.6 Å². The van der Waals surface area contributed by atoms with Crippen LogP contribution in [0.15, 0.2) is 76.0 Å². The maximum absolute atomic E-state index is 12.7. The fourth-order valence-electron chi connectivity index (χ4n) is 3.26. The molecular weight excluding hydrogens is 428 g/mol. The van der Waals surface area contributed by atoms with Crippen LogP contribution in [0.4, 0.5) is 0 Å². The molecule has 8 heteroatoms. The van der Waals surface area contributed by atoms with Gasteiger partial charge in [-0.3, -0.25) is 9.59 Å². The largest absolute Gasteiger partial charge is 0.455 e. The van der Waals surface area contributed by atoms with E-state index in [0.717, 1.165) is 18.4 Å². The molecule has 1 aromatic heterocycles. The lowest BCUT2D eigenvalue weighted by Crippen LogP contribution is -2.26. The van der Waals surface area contributed by atoms with Gasteiger partial charge in [-0.1, -0.05) is 30.3 Å².